The molecule has 0 saturated heterocycles. The van der Waals surface area contributed by atoms with E-state index in [9.17, 15) is 0 Å². The third-order valence-electron chi connectivity index (χ3n) is 0.780. The van der Waals surface area contributed by atoms with E-state index in [0.717, 1.165) is 4.48 Å². The summed E-state index contributed by atoms with van der Waals surface area (Å²) < 4.78 is 1.06. The van der Waals surface area contributed by atoms with Crippen molar-refractivity contribution in [2.24, 2.45) is 0 Å². The Bertz CT molecular complexity index is 190. The van der Waals surface area contributed by atoms with E-state index < -0.39 is 0 Å². The van der Waals surface area contributed by atoms with Crippen molar-refractivity contribution in [3.8, 4) is 0 Å². The smallest absolute Gasteiger partial charge is 0.0252 e. The Labute approximate surface area is 57.0 Å². The van der Waals surface area contributed by atoms with Gasteiger partial charge in [-0.3, -0.25) is 0 Å². The summed E-state index contributed by atoms with van der Waals surface area (Å²) in [7, 11) is 0. The molecular weight excluding hydrogens is 164 g/mol. The molecule has 0 aromatic heterocycles. The lowest BCUT2D eigenvalue weighted by molar-refractivity contribution is 1.93. The minimum Gasteiger partial charge on any atom is -0.120 e. The van der Waals surface area contributed by atoms with Gasteiger partial charge in [-0.2, -0.15) is 0 Å². The van der Waals surface area contributed by atoms with Crippen molar-refractivity contribution in [3.63, 3.8) is 0 Å². The molecule has 8 heavy (non-hydrogen) atoms. The van der Waals surface area contributed by atoms with Crippen LogP contribution in [0, 0.1) is 0 Å². The van der Waals surface area contributed by atoms with Crippen LogP contribution in [0.1, 0.15) is 0 Å². The zero-order valence-corrected chi connectivity index (χ0v) is 5.85. The van der Waals surface area contributed by atoms with Crippen LogP contribution in [-0.2, 0) is 0 Å². The average Bonchev–Trinajstić information content (AvgIpc) is 1.94. The van der Waals surface area contributed by atoms with Crippen LogP contribution in [0.4, 0.5) is 0 Å². The molecule has 1 heteroatoms. The standard InChI is InChI=1S/C7H5Br/c8-7-5-3-1-2-4-6-7/h1-3,5-6H. The zero-order valence-electron chi connectivity index (χ0n) is 4.26. The molecule has 0 N–H and O–H groups in total. The molecule has 1 rings (SSSR count). The predicted molar refractivity (Wildman–Crippen MR) is 38.8 cm³/mol. The van der Waals surface area contributed by atoms with Gasteiger partial charge in [0.1, 0.15) is 0 Å². The molecule has 0 nitrogen and oxygen atoms in total. The van der Waals surface area contributed by atoms with E-state index in [4.69, 9.17) is 0 Å². The molecule has 0 heterocycles. The minimum absolute atomic E-state index is 1.06. The maximum atomic E-state index is 3.31. The fraction of sp³-hybridized carbons (Fsp3) is 0. The SMILES string of the molecule is BrC1=CC=CC=C=C1. The van der Waals surface area contributed by atoms with Gasteiger partial charge in [0, 0.05) is 4.48 Å². The first-order valence-corrected chi connectivity index (χ1v) is 3.14. The number of hydrogen-bond acceptors (Lipinski definition) is 0. The van der Waals surface area contributed by atoms with E-state index in [1.165, 1.54) is 0 Å². The molecule has 0 fully saturated rings. The van der Waals surface area contributed by atoms with Gasteiger partial charge < -0.3 is 0 Å². The highest BCUT2D eigenvalue weighted by atomic mass is 79.9. The van der Waals surface area contributed by atoms with Gasteiger partial charge in [-0.25, -0.2) is 0 Å². The molecule has 0 radical (unpaired) electrons. The summed E-state index contributed by atoms with van der Waals surface area (Å²) in [5.74, 6) is 0. The molecule has 0 unspecified atom stereocenters. The van der Waals surface area contributed by atoms with Crippen molar-refractivity contribution >= 4 is 15.9 Å². The molecule has 40 valence electrons. The highest BCUT2D eigenvalue weighted by molar-refractivity contribution is 9.11. The van der Waals surface area contributed by atoms with Crippen molar-refractivity contribution < 1.29 is 0 Å². The van der Waals surface area contributed by atoms with E-state index >= 15 is 0 Å². The van der Waals surface area contributed by atoms with E-state index in [2.05, 4.69) is 21.7 Å². The lowest BCUT2D eigenvalue weighted by Gasteiger charge is -1.75. The molecule has 0 saturated carbocycles. The van der Waals surface area contributed by atoms with Crippen LogP contribution in [0.25, 0.3) is 0 Å². The van der Waals surface area contributed by atoms with Crippen LogP contribution in [0.2, 0.25) is 0 Å². The molecule has 1 aliphatic carbocycles. The Hall–Kier alpha value is -0.520. The monoisotopic (exact) mass is 168 g/mol. The summed E-state index contributed by atoms with van der Waals surface area (Å²) in [6.45, 7) is 0. The second-order valence-corrected chi connectivity index (χ2v) is 2.33. The second-order valence-electron chi connectivity index (χ2n) is 1.41. The van der Waals surface area contributed by atoms with E-state index in [-0.39, 0.29) is 0 Å². The van der Waals surface area contributed by atoms with Crippen LogP contribution in [0.15, 0.2) is 40.6 Å². The first-order valence-electron chi connectivity index (χ1n) is 2.34. The van der Waals surface area contributed by atoms with Gasteiger partial charge in [-0.15, -0.1) is 5.73 Å². The van der Waals surface area contributed by atoms with Gasteiger partial charge in [-0.05, 0) is 18.2 Å². The third kappa shape index (κ3) is 1.53. The Balaban J connectivity index is 2.94. The normalized spacial score (nSPS) is 15.9. The summed E-state index contributed by atoms with van der Waals surface area (Å²) in [5, 5.41) is 0. The quantitative estimate of drug-likeness (QED) is 0.488. The van der Waals surface area contributed by atoms with E-state index in [1.807, 2.05) is 30.4 Å². The van der Waals surface area contributed by atoms with Gasteiger partial charge in [0.2, 0.25) is 0 Å². The van der Waals surface area contributed by atoms with Gasteiger partial charge in [0.25, 0.3) is 0 Å². The molecule has 0 spiro atoms. The Morgan fingerprint density at radius 1 is 1.38 bits per heavy atom. The van der Waals surface area contributed by atoms with Gasteiger partial charge in [-0.1, -0.05) is 28.1 Å². The highest BCUT2D eigenvalue weighted by Gasteiger charge is 1.78. The third-order valence-corrected chi connectivity index (χ3v) is 1.27. The number of halogens is 1. The molecule has 0 aliphatic heterocycles. The van der Waals surface area contributed by atoms with Crippen LogP contribution >= 0.6 is 15.9 Å². The van der Waals surface area contributed by atoms with Gasteiger partial charge in [0.15, 0.2) is 0 Å². The van der Waals surface area contributed by atoms with Crippen LogP contribution < -0.4 is 0 Å². The van der Waals surface area contributed by atoms with Crippen molar-refractivity contribution in [1.29, 1.82) is 0 Å². The highest BCUT2D eigenvalue weighted by Crippen LogP contribution is 2.06. The first kappa shape index (κ1) is 5.61. The fourth-order valence-electron chi connectivity index (χ4n) is 0.434. The Morgan fingerprint density at radius 3 is 3.12 bits per heavy atom. The molecule has 0 aromatic carbocycles. The summed E-state index contributed by atoms with van der Waals surface area (Å²) >= 11 is 3.31. The largest absolute Gasteiger partial charge is 0.120 e. The average molecular weight is 169 g/mol. The maximum Gasteiger partial charge on any atom is 0.0252 e. The molecule has 0 aromatic rings. The lowest BCUT2D eigenvalue weighted by atomic mass is 10.5. The van der Waals surface area contributed by atoms with Crippen LogP contribution in [-0.4, -0.2) is 0 Å². The Kier molecular flexibility index (Phi) is 1.90. The molecule has 0 bridgehead atoms. The number of rotatable bonds is 0. The van der Waals surface area contributed by atoms with Crippen molar-refractivity contribution in [2.45, 2.75) is 0 Å². The zero-order chi connectivity index (χ0) is 5.82. The van der Waals surface area contributed by atoms with E-state index in [1.54, 1.807) is 0 Å². The van der Waals surface area contributed by atoms with E-state index in [0.29, 0.717) is 0 Å². The van der Waals surface area contributed by atoms with Crippen molar-refractivity contribution in [1.82, 2.24) is 0 Å². The first-order chi connectivity index (χ1) is 3.89. The lowest BCUT2D eigenvalue weighted by Crippen LogP contribution is -1.52. The van der Waals surface area contributed by atoms with Crippen molar-refractivity contribution in [3.05, 3.63) is 40.6 Å². The van der Waals surface area contributed by atoms with Crippen molar-refractivity contribution in [2.75, 3.05) is 0 Å². The predicted octanol–water partition coefficient (Wildman–Crippen LogP) is 2.55. The summed E-state index contributed by atoms with van der Waals surface area (Å²) in [6, 6.07) is 0. The van der Waals surface area contributed by atoms with Crippen LogP contribution in [0.3, 0.4) is 0 Å². The summed E-state index contributed by atoms with van der Waals surface area (Å²) in [5.41, 5.74) is 2.95. The second kappa shape index (κ2) is 2.71. The number of allylic oxidation sites excluding steroid dienone is 5. The van der Waals surface area contributed by atoms with Gasteiger partial charge in [0.05, 0.1) is 0 Å². The minimum atomic E-state index is 1.06. The maximum absolute atomic E-state index is 3.31. The number of hydrogen-bond donors (Lipinski definition) is 0. The topological polar surface area (TPSA) is 0 Å². The summed E-state index contributed by atoms with van der Waals surface area (Å²) in [6.07, 6.45) is 9.60. The molecule has 1 aliphatic rings. The summed E-state index contributed by atoms with van der Waals surface area (Å²) in [4.78, 5) is 0. The van der Waals surface area contributed by atoms with Crippen LogP contribution in [0.5, 0.6) is 0 Å². The molecule has 0 amide bonds. The molecule has 0 atom stereocenters. The Morgan fingerprint density at radius 2 is 2.25 bits per heavy atom. The van der Waals surface area contributed by atoms with Gasteiger partial charge >= 0.3 is 0 Å². The fourth-order valence-corrected chi connectivity index (χ4v) is 0.719. The molecular formula is C7H5Br.